The second kappa shape index (κ2) is 9.64. The Labute approximate surface area is 180 Å². The lowest BCUT2D eigenvalue weighted by Crippen LogP contribution is -2.13. The molecule has 4 aromatic rings. The summed E-state index contributed by atoms with van der Waals surface area (Å²) in [4.78, 5) is 20.9. The van der Waals surface area contributed by atoms with Gasteiger partial charge in [-0.15, -0.1) is 11.3 Å². The molecule has 9 heteroatoms. The van der Waals surface area contributed by atoms with Crippen molar-refractivity contribution in [2.75, 3.05) is 5.32 Å². The first-order valence-electron chi connectivity index (χ1n) is 9.17. The molecule has 0 spiro atoms. The SMILES string of the molecule is O=C(CCc1nc(CSc2nc(-c3ccccc3)cs2)no1)Nc1ccccc1F. The van der Waals surface area contributed by atoms with E-state index < -0.39 is 5.82 Å². The molecule has 0 aliphatic carbocycles. The average molecular weight is 441 g/mol. The molecule has 0 fully saturated rings. The van der Waals surface area contributed by atoms with Crippen molar-refractivity contribution in [1.82, 2.24) is 15.1 Å². The van der Waals surface area contributed by atoms with Crippen LogP contribution in [0.3, 0.4) is 0 Å². The van der Waals surface area contributed by atoms with Crippen LogP contribution in [0, 0.1) is 5.82 Å². The Morgan fingerprint density at radius 3 is 2.73 bits per heavy atom. The van der Waals surface area contributed by atoms with Gasteiger partial charge in [0.1, 0.15) is 5.82 Å². The Bertz CT molecular complexity index is 1130. The van der Waals surface area contributed by atoms with Crippen molar-refractivity contribution in [3.05, 3.63) is 77.5 Å². The maximum Gasteiger partial charge on any atom is 0.227 e. The minimum Gasteiger partial charge on any atom is -0.339 e. The number of thiazole rings is 1. The molecular formula is C21H17FN4O2S2. The van der Waals surface area contributed by atoms with E-state index in [9.17, 15) is 9.18 Å². The van der Waals surface area contributed by atoms with E-state index in [0.717, 1.165) is 15.6 Å². The predicted octanol–water partition coefficient (Wildman–Crippen LogP) is 5.20. The van der Waals surface area contributed by atoms with Crippen molar-refractivity contribution >= 4 is 34.7 Å². The minimum absolute atomic E-state index is 0.121. The van der Waals surface area contributed by atoms with E-state index in [2.05, 4.69) is 20.4 Å². The molecule has 0 atom stereocenters. The maximum atomic E-state index is 13.6. The van der Waals surface area contributed by atoms with E-state index in [0.29, 0.717) is 17.5 Å². The second-order valence-corrected chi connectivity index (χ2v) is 8.37. The first kappa shape index (κ1) is 20.2. The van der Waals surface area contributed by atoms with Gasteiger partial charge in [-0.2, -0.15) is 4.98 Å². The lowest BCUT2D eigenvalue weighted by atomic mass is 10.2. The van der Waals surface area contributed by atoms with E-state index in [4.69, 9.17) is 4.52 Å². The number of thioether (sulfide) groups is 1. The molecule has 2 heterocycles. The molecule has 2 aromatic carbocycles. The number of hydrogen-bond acceptors (Lipinski definition) is 7. The van der Waals surface area contributed by atoms with Crippen LogP contribution in [0.1, 0.15) is 18.1 Å². The van der Waals surface area contributed by atoms with Gasteiger partial charge in [0.05, 0.1) is 17.1 Å². The maximum absolute atomic E-state index is 13.6. The quantitative estimate of drug-likeness (QED) is 0.380. The van der Waals surface area contributed by atoms with Crippen molar-refractivity contribution < 1.29 is 13.7 Å². The fourth-order valence-corrected chi connectivity index (χ4v) is 4.32. The van der Waals surface area contributed by atoms with Gasteiger partial charge in [0, 0.05) is 23.8 Å². The van der Waals surface area contributed by atoms with Gasteiger partial charge in [0.15, 0.2) is 10.2 Å². The van der Waals surface area contributed by atoms with Crippen LogP contribution in [-0.4, -0.2) is 21.0 Å². The van der Waals surface area contributed by atoms with Crippen molar-refractivity contribution in [3.8, 4) is 11.3 Å². The smallest absolute Gasteiger partial charge is 0.227 e. The number of amides is 1. The van der Waals surface area contributed by atoms with Gasteiger partial charge >= 0.3 is 0 Å². The zero-order chi connectivity index (χ0) is 20.8. The zero-order valence-corrected chi connectivity index (χ0v) is 17.4. The van der Waals surface area contributed by atoms with Crippen LogP contribution in [0.15, 0.2) is 68.8 Å². The molecule has 4 rings (SSSR count). The number of para-hydroxylation sites is 1. The number of carbonyl (C=O) groups excluding carboxylic acids is 1. The number of aromatic nitrogens is 3. The minimum atomic E-state index is -0.472. The van der Waals surface area contributed by atoms with Gasteiger partial charge in [-0.1, -0.05) is 59.4 Å². The average Bonchev–Trinajstić information content (AvgIpc) is 3.43. The number of rotatable bonds is 8. The molecule has 0 aliphatic rings. The van der Waals surface area contributed by atoms with Crippen molar-refractivity contribution in [2.24, 2.45) is 0 Å². The standard InChI is InChI=1S/C21H17FN4O2S2/c22-15-8-4-5-9-16(15)23-19(27)10-11-20-25-18(26-28-20)13-30-21-24-17(12-29-21)14-6-2-1-3-7-14/h1-9,12H,10-11,13H2,(H,23,27). The summed E-state index contributed by atoms with van der Waals surface area (Å²) in [6.07, 6.45) is 0.406. The molecule has 0 bridgehead atoms. The highest BCUT2D eigenvalue weighted by molar-refractivity contribution is 8.00. The molecule has 1 N–H and O–H groups in total. The molecule has 0 aliphatic heterocycles. The first-order valence-corrected chi connectivity index (χ1v) is 11.0. The van der Waals surface area contributed by atoms with Crippen molar-refractivity contribution in [1.29, 1.82) is 0 Å². The zero-order valence-electron chi connectivity index (χ0n) is 15.7. The third-order valence-corrected chi connectivity index (χ3v) is 6.12. The Morgan fingerprint density at radius 2 is 1.90 bits per heavy atom. The van der Waals surface area contributed by atoms with Gasteiger partial charge in [0.25, 0.3) is 0 Å². The van der Waals surface area contributed by atoms with Crippen LogP contribution in [0.2, 0.25) is 0 Å². The van der Waals surface area contributed by atoms with Crippen LogP contribution in [0.25, 0.3) is 11.3 Å². The Kier molecular flexibility index (Phi) is 6.50. The van der Waals surface area contributed by atoms with E-state index in [1.54, 1.807) is 23.5 Å². The summed E-state index contributed by atoms with van der Waals surface area (Å²) in [7, 11) is 0. The molecule has 30 heavy (non-hydrogen) atoms. The lowest BCUT2D eigenvalue weighted by molar-refractivity contribution is -0.116. The van der Waals surface area contributed by atoms with Gasteiger partial charge in [0.2, 0.25) is 11.8 Å². The van der Waals surface area contributed by atoms with E-state index >= 15 is 0 Å². The van der Waals surface area contributed by atoms with Crippen LogP contribution in [-0.2, 0) is 17.0 Å². The monoisotopic (exact) mass is 440 g/mol. The Morgan fingerprint density at radius 1 is 1.10 bits per heavy atom. The number of halogens is 1. The Balaban J connectivity index is 1.26. The molecule has 0 saturated carbocycles. The number of anilines is 1. The van der Waals surface area contributed by atoms with Gasteiger partial charge in [-0.3, -0.25) is 4.79 Å². The number of carbonyl (C=O) groups is 1. The summed E-state index contributed by atoms with van der Waals surface area (Å²) < 4.78 is 19.7. The summed E-state index contributed by atoms with van der Waals surface area (Å²) in [6, 6.07) is 16.0. The summed E-state index contributed by atoms with van der Waals surface area (Å²) in [5, 5.41) is 8.51. The second-order valence-electron chi connectivity index (χ2n) is 6.29. The van der Waals surface area contributed by atoms with Gasteiger partial charge in [-0.05, 0) is 12.1 Å². The lowest BCUT2D eigenvalue weighted by Gasteiger charge is -2.04. The number of nitrogens with one attached hydrogen (secondary N) is 1. The largest absolute Gasteiger partial charge is 0.339 e. The predicted molar refractivity (Wildman–Crippen MR) is 115 cm³/mol. The van der Waals surface area contributed by atoms with Crippen LogP contribution in [0.4, 0.5) is 10.1 Å². The molecule has 6 nitrogen and oxygen atoms in total. The van der Waals surface area contributed by atoms with E-state index in [1.165, 1.54) is 23.9 Å². The molecule has 0 radical (unpaired) electrons. The fourth-order valence-electron chi connectivity index (χ4n) is 2.64. The summed E-state index contributed by atoms with van der Waals surface area (Å²) in [5.74, 6) is 0.650. The highest BCUT2D eigenvalue weighted by Gasteiger charge is 2.12. The number of benzene rings is 2. The third-order valence-electron chi connectivity index (χ3n) is 4.10. The molecule has 0 unspecified atom stereocenters. The van der Waals surface area contributed by atoms with Crippen LogP contribution < -0.4 is 5.32 Å². The van der Waals surface area contributed by atoms with E-state index in [1.807, 2.05) is 35.7 Å². The van der Waals surface area contributed by atoms with Crippen LogP contribution in [0.5, 0.6) is 0 Å². The van der Waals surface area contributed by atoms with Gasteiger partial charge in [-0.25, -0.2) is 9.37 Å². The molecule has 152 valence electrons. The molecular weight excluding hydrogens is 423 g/mol. The van der Waals surface area contributed by atoms with Crippen molar-refractivity contribution in [3.63, 3.8) is 0 Å². The van der Waals surface area contributed by atoms with Crippen LogP contribution >= 0.6 is 23.1 Å². The summed E-state index contributed by atoms with van der Waals surface area (Å²) in [6.45, 7) is 0. The molecule has 1 amide bonds. The number of nitrogens with zero attached hydrogens (tertiary/aromatic N) is 3. The Hall–Kier alpha value is -3.04. The molecule has 2 aromatic heterocycles. The number of aryl methyl sites for hydroxylation is 1. The number of hydrogen-bond donors (Lipinski definition) is 1. The van der Waals surface area contributed by atoms with Gasteiger partial charge < -0.3 is 9.84 Å². The normalized spacial score (nSPS) is 10.8. The summed E-state index contributed by atoms with van der Waals surface area (Å²) >= 11 is 3.10. The first-order chi connectivity index (χ1) is 14.7. The van der Waals surface area contributed by atoms with Crippen molar-refractivity contribution in [2.45, 2.75) is 22.9 Å². The van der Waals surface area contributed by atoms with E-state index in [-0.39, 0.29) is 24.4 Å². The third kappa shape index (κ3) is 5.31. The molecule has 0 saturated heterocycles. The summed E-state index contributed by atoms with van der Waals surface area (Å²) in [5.41, 5.74) is 2.18. The topological polar surface area (TPSA) is 80.9 Å². The highest BCUT2D eigenvalue weighted by Crippen LogP contribution is 2.29. The fraction of sp³-hybridized carbons (Fsp3) is 0.143. The highest BCUT2D eigenvalue weighted by atomic mass is 32.2.